The van der Waals surface area contributed by atoms with Crippen molar-refractivity contribution >= 4 is 29.5 Å². The summed E-state index contributed by atoms with van der Waals surface area (Å²) in [7, 11) is 0. The highest BCUT2D eigenvalue weighted by atomic mass is 35.5. The number of nitrogens with zero attached hydrogens (tertiary/aromatic N) is 2. The average molecular weight is 443 g/mol. The SMILES string of the molecule is CC1=C(C#N)C(=O)N(Cc2ccc(C)cc2)C(=O)/C1=C/c1ccc(-c2ccccc2Cl)o1. The van der Waals surface area contributed by atoms with Gasteiger partial charge in [-0.3, -0.25) is 14.5 Å². The van der Waals surface area contributed by atoms with Gasteiger partial charge in [0.05, 0.1) is 11.6 Å². The number of hydrogen-bond acceptors (Lipinski definition) is 4. The molecule has 2 heterocycles. The maximum atomic E-state index is 13.2. The number of benzene rings is 2. The zero-order valence-electron chi connectivity index (χ0n) is 17.6. The first-order valence-corrected chi connectivity index (χ1v) is 10.4. The summed E-state index contributed by atoms with van der Waals surface area (Å²) in [4.78, 5) is 27.2. The molecule has 3 aromatic rings. The third-order valence-electron chi connectivity index (χ3n) is 5.34. The summed E-state index contributed by atoms with van der Waals surface area (Å²) in [5.41, 5.74) is 3.13. The van der Waals surface area contributed by atoms with E-state index in [1.807, 2.05) is 55.5 Å². The second-order valence-corrected chi connectivity index (χ2v) is 7.94. The van der Waals surface area contributed by atoms with Gasteiger partial charge in [0.1, 0.15) is 23.2 Å². The topological polar surface area (TPSA) is 74.3 Å². The van der Waals surface area contributed by atoms with Gasteiger partial charge in [-0.15, -0.1) is 0 Å². The van der Waals surface area contributed by atoms with E-state index in [2.05, 4.69) is 0 Å². The van der Waals surface area contributed by atoms with E-state index in [1.165, 1.54) is 0 Å². The molecule has 158 valence electrons. The predicted molar refractivity (Wildman–Crippen MR) is 122 cm³/mol. The third kappa shape index (κ3) is 4.01. The normalized spacial score (nSPS) is 15.4. The molecule has 6 heteroatoms. The summed E-state index contributed by atoms with van der Waals surface area (Å²) in [6, 6.07) is 20.3. The van der Waals surface area contributed by atoms with Crippen LogP contribution in [0.3, 0.4) is 0 Å². The van der Waals surface area contributed by atoms with Gasteiger partial charge in [-0.1, -0.05) is 53.6 Å². The van der Waals surface area contributed by atoms with Crippen molar-refractivity contribution in [3.05, 3.63) is 99.3 Å². The lowest BCUT2D eigenvalue weighted by Crippen LogP contribution is -2.42. The molecule has 0 bridgehead atoms. The Hall–Kier alpha value is -3.88. The molecule has 0 aliphatic carbocycles. The Balaban J connectivity index is 1.72. The molecule has 0 spiro atoms. The molecule has 4 rings (SSSR count). The average Bonchev–Trinajstić information content (AvgIpc) is 3.25. The van der Waals surface area contributed by atoms with E-state index in [4.69, 9.17) is 16.0 Å². The van der Waals surface area contributed by atoms with Crippen molar-refractivity contribution in [3.8, 4) is 17.4 Å². The van der Waals surface area contributed by atoms with Crippen LogP contribution in [0.2, 0.25) is 5.02 Å². The van der Waals surface area contributed by atoms with Crippen LogP contribution in [0.1, 0.15) is 23.8 Å². The molecule has 1 aromatic heterocycles. The molecule has 2 amide bonds. The van der Waals surface area contributed by atoms with Gasteiger partial charge in [-0.2, -0.15) is 5.26 Å². The number of hydrogen-bond donors (Lipinski definition) is 0. The van der Waals surface area contributed by atoms with Crippen molar-refractivity contribution < 1.29 is 14.0 Å². The van der Waals surface area contributed by atoms with Crippen LogP contribution >= 0.6 is 11.6 Å². The summed E-state index contributed by atoms with van der Waals surface area (Å²) in [5.74, 6) is -0.0864. The number of amides is 2. The minimum Gasteiger partial charge on any atom is -0.457 e. The summed E-state index contributed by atoms with van der Waals surface area (Å²) in [5, 5.41) is 10.1. The van der Waals surface area contributed by atoms with Crippen LogP contribution < -0.4 is 0 Å². The minimum absolute atomic E-state index is 0.0548. The van der Waals surface area contributed by atoms with E-state index in [1.54, 1.807) is 31.2 Å². The number of halogens is 1. The van der Waals surface area contributed by atoms with Gasteiger partial charge in [-0.05, 0) is 55.3 Å². The predicted octanol–water partition coefficient (Wildman–Crippen LogP) is 5.70. The molecule has 5 nitrogen and oxygen atoms in total. The van der Waals surface area contributed by atoms with Crippen molar-refractivity contribution in [1.82, 2.24) is 4.90 Å². The maximum absolute atomic E-state index is 13.2. The van der Waals surface area contributed by atoms with Gasteiger partial charge in [0.15, 0.2) is 0 Å². The highest BCUT2D eigenvalue weighted by Gasteiger charge is 2.35. The highest BCUT2D eigenvalue weighted by molar-refractivity contribution is 6.33. The molecule has 0 saturated heterocycles. The maximum Gasteiger partial charge on any atom is 0.271 e. The molecular formula is C26H19ClN2O3. The molecule has 0 saturated carbocycles. The number of imide groups is 1. The van der Waals surface area contributed by atoms with Gasteiger partial charge >= 0.3 is 0 Å². The Morgan fingerprint density at radius 3 is 2.41 bits per heavy atom. The number of rotatable bonds is 4. The zero-order valence-corrected chi connectivity index (χ0v) is 18.3. The number of aryl methyl sites for hydroxylation is 1. The van der Waals surface area contributed by atoms with Crippen LogP contribution in [-0.4, -0.2) is 16.7 Å². The molecule has 1 aliphatic heterocycles. The van der Waals surface area contributed by atoms with E-state index in [9.17, 15) is 14.9 Å². The fourth-order valence-corrected chi connectivity index (χ4v) is 3.76. The summed E-state index contributed by atoms with van der Waals surface area (Å²) >= 11 is 6.25. The van der Waals surface area contributed by atoms with Gasteiger partial charge in [-0.25, -0.2) is 0 Å². The molecular weight excluding hydrogens is 424 g/mol. The van der Waals surface area contributed by atoms with Gasteiger partial charge in [0.25, 0.3) is 11.8 Å². The molecule has 0 radical (unpaired) electrons. The first-order valence-electron chi connectivity index (χ1n) is 9.98. The molecule has 0 N–H and O–H groups in total. The van der Waals surface area contributed by atoms with E-state index in [0.717, 1.165) is 21.6 Å². The van der Waals surface area contributed by atoms with Crippen LogP contribution in [0.15, 0.2) is 81.8 Å². The Morgan fingerprint density at radius 1 is 1.00 bits per heavy atom. The quantitative estimate of drug-likeness (QED) is 0.383. The van der Waals surface area contributed by atoms with Gasteiger partial charge in [0.2, 0.25) is 0 Å². The fourth-order valence-electron chi connectivity index (χ4n) is 3.53. The summed E-state index contributed by atoms with van der Waals surface area (Å²) in [6.07, 6.45) is 1.56. The van der Waals surface area contributed by atoms with E-state index in [0.29, 0.717) is 22.1 Å². The van der Waals surface area contributed by atoms with E-state index in [-0.39, 0.29) is 17.7 Å². The van der Waals surface area contributed by atoms with Crippen LogP contribution in [0.5, 0.6) is 0 Å². The minimum atomic E-state index is -0.594. The largest absolute Gasteiger partial charge is 0.457 e. The lowest BCUT2D eigenvalue weighted by atomic mass is 9.94. The van der Waals surface area contributed by atoms with Crippen LogP contribution in [0, 0.1) is 18.3 Å². The Kier molecular flexibility index (Phi) is 5.81. The summed E-state index contributed by atoms with van der Waals surface area (Å²) in [6.45, 7) is 3.64. The fraction of sp³-hybridized carbons (Fsp3) is 0.115. The first-order chi connectivity index (χ1) is 15.4. The molecule has 0 fully saturated rings. The Morgan fingerprint density at radius 2 is 1.72 bits per heavy atom. The molecule has 0 unspecified atom stereocenters. The van der Waals surface area contributed by atoms with Crippen LogP contribution in [-0.2, 0) is 16.1 Å². The Bertz CT molecular complexity index is 1320. The smallest absolute Gasteiger partial charge is 0.271 e. The first kappa shape index (κ1) is 21.4. The molecule has 32 heavy (non-hydrogen) atoms. The molecule has 0 atom stereocenters. The lowest BCUT2D eigenvalue weighted by molar-refractivity contribution is -0.141. The Labute approximate surface area is 190 Å². The number of furan rings is 1. The number of carbonyl (C=O) groups is 2. The monoisotopic (exact) mass is 442 g/mol. The second kappa shape index (κ2) is 8.70. The van der Waals surface area contributed by atoms with Crippen molar-refractivity contribution in [3.63, 3.8) is 0 Å². The summed E-state index contributed by atoms with van der Waals surface area (Å²) < 4.78 is 5.89. The van der Waals surface area contributed by atoms with Gasteiger partial charge < -0.3 is 4.42 Å². The standard InChI is InChI=1S/C26H19ClN2O3/c1-16-7-9-18(10-8-16)15-29-25(30)21(17(2)22(14-28)26(29)31)13-19-11-12-24(32-19)20-5-3-4-6-23(20)27/h3-13H,15H2,1-2H3/b21-13+. The second-order valence-electron chi connectivity index (χ2n) is 7.53. The highest BCUT2D eigenvalue weighted by Crippen LogP contribution is 2.32. The van der Waals surface area contributed by atoms with E-state index >= 15 is 0 Å². The van der Waals surface area contributed by atoms with Crippen molar-refractivity contribution in [1.29, 1.82) is 5.26 Å². The van der Waals surface area contributed by atoms with Crippen LogP contribution in [0.4, 0.5) is 0 Å². The lowest BCUT2D eigenvalue weighted by Gasteiger charge is -2.27. The van der Waals surface area contributed by atoms with Gasteiger partial charge in [0, 0.05) is 11.1 Å². The third-order valence-corrected chi connectivity index (χ3v) is 5.67. The zero-order chi connectivity index (χ0) is 22.8. The van der Waals surface area contributed by atoms with Crippen molar-refractivity contribution in [2.45, 2.75) is 20.4 Å². The van der Waals surface area contributed by atoms with E-state index < -0.39 is 11.8 Å². The molecule has 2 aromatic carbocycles. The molecule has 1 aliphatic rings. The van der Waals surface area contributed by atoms with Crippen molar-refractivity contribution in [2.24, 2.45) is 0 Å². The van der Waals surface area contributed by atoms with Crippen LogP contribution in [0.25, 0.3) is 17.4 Å². The number of nitriles is 1. The number of carbonyl (C=O) groups excluding carboxylic acids is 2. The van der Waals surface area contributed by atoms with Crippen molar-refractivity contribution in [2.75, 3.05) is 0 Å².